The maximum Gasteiger partial charge on any atom is 0.255 e. The summed E-state index contributed by atoms with van der Waals surface area (Å²) in [6.45, 7) is 4.97. The molecule has 1 N–H and O–H groups in total. The van der Waals surface area contributed by atoms with E-state index in [0.29, 0.717) is 22.5 Å². The van der Waals surface area contributed by atoms with Crippen molar-refractivity contribution in [3.8, 4) is 0 Å². The Labute approximate surface area is 153 Å². The molecule has 3 rings (SSSR count). The average molecular weight is 364 g/mol. The lowest BCUT2D eigenvalue weighted by Crippen LogP contribution is -2.39. The van der Waals surface area contributed by atoms with Gasteiger partial charge < -0.3 is 14.5 Å². The molecule has 136 valence electrons. The standard InChI is InChI=1S/C19H26ClN3O2/c1-3-4-11-25-15-7-5-14(6-8-15)21-19(24)16-9-10-23-13(2)12-17(20)22-18(16)23/h9-10,12,14-15H,3-8,11H2,1-2H3,(H,21,24). The summed E-state index contributed by atoms with van der Waals surface area (Å²) in [6.07, 6.45) is 8.42. The number of aryl methyl sites for hydroxylation is 1. The number of amides is 1. The largest absolute Gasteiger partial charge is 0.378 e. The predicted octanol–water partition coefficient (Wildman–Crippen LogP) is 4.15. The van der Waals surface area contributed by atoms with Crippen molar-refractivity contribution in [2.24, 2.45) is 0 Å². The van der Waals surface area contributed by atoms with Crippen molar-refractivity contribution in [1.29, 1.82) is 0 Å². The van der Waals surface area contributed by atoms with E-state index in [1.807, 2.05) is 17.5 Å². The fraction of sp³-hybridized carbons (Fsp3) is 0.579. The normalized spacial score (nSPS) is 20.8. The second-order valence-electron chi connectivity index (χ2n) is 6.81. The van der Waals surface area contributed by atoms with Crippen molar-refractivity contribution >= 4 is 23.2 Å². The first-order chi connectivity index (χ1) is 12.1. The molecular formula is C19H26ClN3O2. The quantitative estimate of drug-likeness (QED) is 0.619. The third-order valence-electron chi connectivity index (χ3n) is 4.89. The number of fused-ring (bicyclic) bond motifs is 1. The summed E-state index contributed by atoms with van der Waals surface area (Å²) in [7, 11) is 0. The van der Waals surface area contributed by atoms with Gasteiger partial charge in [-0.15, -0.1) is 0 Å². The number of hydrogen-bond donors (Lipinski definition) is 1. The Kier molecular flexibility index (Phi) is 5.97. The van der Waals surface area contributed by atoms with Gasteiger partial charge in [0.25, 0.3) is 5.91 Å². The maximum absolute atomic E-state index is 12.7. The van der Waals surface area contributed by atoms with Gasteiger partial charge in [0.2, 0.25) is 0 Å². The topological polar surface area (TPSA) is 55.6 Å². The van der Waals surface area contributed by atoms with Gasteiger partial charge in [0.15, 0.2) is 5.65 Å². The van der Waals surface area contributed by atoms with Crippen LogP contribution in [0.3, 0.4) is 0 Å². The van der Waals surface area contributed by atoms with Gasteiger partial charge in [-0.25, -0.2) is 4.98 Å². The minimum Gasteiger partial charge on any atom is -0.378 e. The Balaban J connectivity index is 1.59. The molecular weight excluding hydrogens is 338 g/mol. The molecule has 1 saturated carbocycles. The summed E-state index contributed by atoms with van der Waals surface area (Å²) in [6, 6.07) is 3.80. The van der Waals surface area contributed by atoms with Crippen LogP contribution in [0.15, 0.2) is 18.3 Å². The third kappa shape index (κ3) is 4.33. The first kappa shape index (κ1) is 18.2. The van der Waals surface area contributed by atoms with E-state index >= 15 is 0 Å². The number of aromatic nitrogens is 2. The van der Waals surface area contributed by atoms with Gasteiger partial charge >= 0.3 is 0 Å². The molecule has 6 heteroatoms. The van der Waals surface area contributed by atoms with Crippen LogP contribution in [0, 0.1) is 6.92 Å². The molecule has 1 fully saturated rings. The number of unbranched alkanes of at least 4 members (excludes halogenated alkanes) is 1. The third-order valence-corrected chi connectivity index (χ3v) is 5.08. The lowest BCUT2D eigenvalue weighted by Gasteiger charge is -2.29. The second kappa shape index (κ2) is 8.19. The van der Waals surface area contributed by atoms with Crippen LogP contribution < -0.4 is 5.32 Å². The van der Waals surface area contributed by atoms with E-state index in [1.165, 1.54) is 0 Å². The number of rotatable bonds is 6. The zero-order valence-electron chi connectivity index (χ0n) is 14.9. The molecule has 25 heavy (non-hydrogen) atoms. The fourth-order valence-electron chi connectivity index (χ4n) is 3.41. The van der Waals surface area contributed by atoms with E-state index in [2.05, 4.69) is 17.2 Å². The molecule has 0 spiro atoms. The number of halogens is 1. The Morgan fingerprint density at radius 2 is 2.16 bits per heavy atom. The molecule has 0 radical (unpaired) electrons. The first-order valence-corrected chi connectivity index (χ1v) is 9.53. The van der Waals surface area contributed by atoms with Crippen molar-refractivity contribution in [3.05, 3.63) is 34.7 Å². The molecule has 0 aromatic carbocycles. The van der Waals surface area contributed by atoms with Crippen LogP contribution in [-0.2, 0) is 4.74 Å². The van der Waals surface area contributed by atoms with E-state index in [9.17, 15) is 4.79 Å². The SMILES string of the molecule is CCCCOC1CCC(NC(=O)c2ccn3c(C)cc(Cl)nc23)CC1. The fourth-order valence-corrected chi connectivity index (χ4v) is 3.64. The van der Waals surface area contributed by atoms with Gasteiger partial charge in [-0.05, 0) is 51.2 Å². The number of carbonyl (C=O) groups excluding carboxylic acids is 1. The summed E-state index contributed by atoms with van der Waals surface area (Å²) >= 11 is 6.05. The number of nitrogens with one attached hydrogen (secondary N) is 1. The number of nitrogens with zero attached hydrogens (tertiary/aromatic N) is 2. The summed E-state index contributed by atoms with van der Waals surface area (Å²) < 4.78 is 7.78. The van der Waals surface area contributed by atoms with Crippen LogP contribution in [0.1, 0.15) is 61.5 Å². The van der Waals surface area contributed by atoms with E-state index in [-0.39, 0.29) is 11.9 Å². The monoisotopic (exact) mass is 363 g/mol. The van der Waals surface area contributed by atoms with Crippen LogP contribution in [-0.4, -0.2) is 34.0 Å². The molecule has 0 atom stereocenters. The van der Waals surface area contributed by atoms with Gasteiger partial charge in [0.05, 0.1) is 11.7 Å². The molecule has 2 aromatic heterocycles. The number of hydrogen-bond acceptors (Lipinski definition) is 3. The van der Waals surface area contributed by atoms with Crippen molar-refractivity contribution in [1.82, 2.24) is 14.7 Å². The van der Waals surface area contributed by atoms with Gasteiger partial charge in [-0.2, -0.15) is 0 Å². The molecule has 0 unspecified atom stereocenters. The Bertz CT molecular complexity index is 736. The van der Waals surface area contributed by atoms with Crippen LogP contribution >= 0.6 is 11.6 Å². The van der Waals surface area contributed by atoms with E-state index in [1.54, 1.807) is 12.1 Å². The molecule has 1 amide bonds. The Morgan fingerprint density at radius 3 is 2.88 bits per heavy atom. The molecule has 0 saturated heterocycles. The zero-order chi connectivity index (χ0) is 17.8. The number of carbonyl (C=O) groups is 1. The van der Waals surface area contributed by atoms with E-state index in [4.69, 9.17) is 16.3 Å². The van der Waals surface area contributed by atoms with E-state index in [0.717, 1.165) is 50.8 Å². The minimum absolute atomic E-state index is 0.0768. The minimum atomic E-state index is -0.0768. The van der Waals surface area contributed by atoms with Crippen LogP contribution in [0.2, 0.25) is 5.15 Å². The predicted molar refractivity (Wildman–Crippen MR) is 99.3 cm³/mol. The van der Waals surface area contributed by atoms with Crippen molar-refractivity contribution in [2.75, 3.05) is 6.61 Å². The Hall–Kier alpha value is -1.59. The molecule has 1 aliphatic rings. The molecule has 2 heterocycles. The van der Waals surface area contributed by atoms with Gasteiger partial charge in [0.1, 0.15) is 5.15 Å². The van der Waals surface area contributed by atoms with Crippen molar-refractivity contribution in [2.45, 2.75) is 64.5 Å². The highest BCUT2D eigenvalue weighted by Gasteiger charge is 2.24. The summed E-state index contributed by atoms with van der Waals surface area (Å²) in [5, 5.41) is 3.55. The van der Waals surface area contributed by atoms with Crippen molar-refractivity contribution < 1.29 is 9.53 Å². The van der Waals surface area contributed by atoms with Gasteiger partial charge in [-0.1, -0.05) is 24.9 Å². The van der Waals surface area contributed by atoms with Crippen LogP contribution in [0.5, 0.6) is 0 Å². The lowest BCUT2D eigenvalue weighted by atomic mass is 9.92. The van der Waals surface area contributed by atoms with E-state index < -0.39 is 0 Å². The molecule has 1 aliphatic carbocycles. The van der Waals surface area contributed by atoms with Crippen molar-refractivity contribution in [3.63, 3.8) is 0 Å². The summed E-state index contributed by atoms with van der Waals surface area (Å²) in [5.41, 5.74) is 2.14. The summed E-state index contributed by atoms with van der Waals surface area (Å²) in [4.78, 5) is 17.0. The second-order valence-corrected chi connectivity index (χ2v) is 7.20. The molecule has 2 aromatic rings. The molecule has 0 bridgehead atoms. The highest BCUT2D eigenvalue weighted by atomic mass is 35.5. The zero-order valence-corrected chi connectivity index (χ0v) is 15.7. The van der Waals surface area contributed by atoms with Crippen LogP contribution in [0.25, 0.3) is 5.65 Å². The highest BCUT2D eigenvalue weighted by molar-refractivity contribution is 6.29. The van der Waals surface area contributed by atoms with Gasteiger partial charge in [0, 0.05) is 24.5 Å². The molecule has 0 aliphatic heterocycles. The smallest absolute Gasteiger partial charge is 0.255 e. The maximum atomic E-state index is 12.7. The highest BCUT2D eigenvalue weighted by Crippen LogP contribution is 2.23. The molecule has 5 nitrogen and oxygen atoms in total. The van der Waals surface area contributed by atoms with Gasteiger partial charge in [-0.3, -0.25) is 4.79 Å². The van der Waals surface area contributed by atoms with Crippen LogP contribution in [0.4, 0.5) is 0 Å². The Morgan fingerprint density at radius 1 is 1.40 bits per heavy atom. The lowest BCUT2D eigenvalue weighted by molar-refractivity contribution is 0.0209. The summed E-state index contributed by atoms with van der Waals surface area (Å²) in [5.74, 6) is -0.0768. The number of ether oxygens (including phenoxy) is 1. The average Bonchev–Trinajstić information content (AvgIpc) is 3.01. The first-order valence-electron chi connectivity index (χ1n) is 9.15.